The predicted molar refractivity (Wildman–Crippen MR) is 192 cm³/mol. The van der Waals surface area contributed by atoms with E-state index in [4.69, 9.17) is 19.3 Å². The van der Waals surface area contributed by atoms with Crippen LogP contribution in [0.3, 0.4) is 0 Å². The van der Waals surface area contributed by atoms with E-state index < -0.39 is 0 Å². The Morgan fingerprint density at radius 3 is 2.42 bits per heavy atom. The third-order valence-corrected chi connectivity index (χ3v) is 8.68. The van der Waals surface area contributed by atoms with Crippen LogP contribution in [0.15, 0.2) is 83.8 Å². The Morgan fingerprint density at radius 2 is 1.67 bits per heavy atom. The van der Waals surface area contributed by atoms with Gasteiger partial charge < -0.3 is 14.2 Å². The van der Waals surface area contributed by atoms with Gasteiger partial charge in [0.1, 0.15) is 11.4 Å². The number of ether oxygens (including phenoxy) is 3. The summed E-state index contributed by atoms with van der Waals surface area (Å²) in [4.78, 5) is 18.6. The Labute approximate surface area is 283 Å². The van der Waals surface area contributed by atoms with Crippen LogP contribution in [0.4, 0.5) is 0 Å². The second kappa shape index (κ2) is 15.6. The molecule has 3 aromatic heterocycles. The van der Waals surface area contributed by atoms with Crippen molar-refractivity contribution >= 4 is 34.5 Å². The van der Waals surface area contributed by atoms with Gasteiger partial charge in [0.15, 0.2) is 17.3 Å². The number of hydrogen-bond donors (Lipinski definition) is 0. The highest BCUT2D eigenvalue weighted by Crippen LogP contribution is 2.29. The largest absolute Gasteiger partial charge is 0.494 e. The smallest absolute Gasteiger partial charge is 0.291 e. The lowest BCUT2D eigenvalue weighted by atomic mass is 10.1. The number of nitrogens with zero attached hydrogens (tertiary/aromatic N) is 5. The Kier molecular flexibility index (Phi) is 10.6. The fourth-order valence-corrected chi connectivity index (χ4v) is 6.11. The highest BCUT2D eigenvalue weighted by atomic mass is 32.1. The van der Waals surface area contributed by atoms with Crippen molar-refractivity contribution in [3.05, 3.63) is 111 Å². The Hall–Kier alpha value is -5.22. The van der Waals surface area contributed by atoms with E-state index in [0.717, 1.165) is 46.7 Å². The molecule has 9 nitrogen and oxygen atoms in total. The maximum atomic E-state index is 13.5. The van der Waals surface area contributed by atoms with Crippen molar-refractivity contribution in [1.82, 2.24) is 24.4 Å². The number of benzene rings is 3. The molecule has 0 amide bonds. The molecule has 6 aromatic rings. The Bertz CT molecular complexity index is 2100. The molecule has 246 valence electrons. The second-order valence-corrected chi connectivity index (χ2v) is 12.3. The Morgan fingerprint density at radius 1 is 0.833 bits per heavy atom. The molecule has 0 aliphatic carbocycles. The molecule has 0 aliphatic rings. The van der Waals surface area contributed by atoms with Crippen LogP contribution in [0.2, 0.25) is 0 Å². The minimum atomic E-state index is -0.230. The van der Waals surface area contributed by atoms with Crippen LogP contribution in [0, 0.1) is 0 Å². The number of fused-ring (bicyclic) bond motifs is 1. The molecule has 48 heavy (non-hydrogen) atoms. The number of aromatic nitrogens is 5. The summed E-state index contributed by atoms with van der Waals surface area (Å²) in [5, 5.41) is 9.41. The normalized spacial score (nSPS) is 11.9. The first kappa shape index (κ1) is 32.7. The summed E-state index contributed by atoms with van der Waals surface area (Å²) >= 11 is 1.30. The summed E-state index contributed by atoms with van der Waals surface area (Å²) in [5.74, 6) is 2.63. The van der Waals surface area contributed by atoms with Crippen LogP contribution in [0.5, 0.6) is 17.2 Å². The summed E-state index contributed by atoms with van der Waals surface area (Å²) in [6.45, 7) is 5.59. The van der Waals surface area contributed by atoms with Gasteiger partial charge in [-0.25, -0.2) is 4.68 Å². The van der Waals surface area contributed by atoms with E-state index in [9.17, 15) is 4.79 Å². The van der Waals surface area contributed by atoms with Gasteiger partial charge in [-0.15, -0.1) is 5.10 Å². The van der Waals surface area contributed by atoms with Crippen LogP contribution < -0.4 is 24.3 Å². The lowest BCUT2D eigenvalue weighted by Gasteiger charge is -2.10. The van der Waals surface area contributed by atoms with Gasteiger partial charge in [0.05, 0.1) is 30.5 Å². The van der Waals surface area contributed by atoms with Crippen LogP contribution in [0.1, 0.15) is 62.9 Å². The summed E-state index contributed by atoms with van der Waals surface area (Å²) < 4.78 is 20.9. The number of thiazole rings is 1. The molecule has 0 N–H and O–H groups in total. The van der Waals surface area contributed by atoms with E-state index in [2.05, 4.69) is 23.9 Å². The highest BCUT2D eigenvalue weighted by Gasteiger charge is 2.14. The van der Waals surface area contributed by atoms with Crippen molar-refractivity contribution in [2.75, 3.05) is 20.3 Å². The molecule has 0 saturated heterocycles. The first-order valence-electron chi connectivity index (χ1n) is 16.3. The lowest BCUT2D eigenvalue weighted by Crippen LogP contribution is -2.23. The molecule has 0 unspecified atom stereocenters. The number of methoxy groups -OCH3 is 1. The average molecular weight is 662 g/mol. The van der Waals surface area contributed by atoms with E-state index in [1.165, 1.54) is 35.1 Å². The number of unbranched alkanes of at least 4 members (excludes halogenated alkanes) is 3. The average Bonchev–Trinajstić information content (AvgIpc) is 3.81. The first-order valence-corrected chi connectivity index (χ1v) is 17.2. The molecule has 0 spiro atoms. The van der Waals surface area contributed by atoms with Gasteiger partial charge in [-0.1, -0.05) is 74.8 Å². The summed E-state index contributed by atoms with van der Waals surface area (Å²) in [5.41, 5.74) is 4.10. The van der Waals surface area contributed by atoms with Gasteiger partial charge in [-0.05, 0) is 79.1 Å². The van der Waals surface area contributed by atoms with Gasteiger partial charge in [-0.3, -0.25) is 4.79 Å². The molecule has 3 heterocycles. The topological polar surface area (TPSA) is 92.8 Å². The van der Waals surface area contributed by atoms with Crippen LogP contribution in [0.25, 0.3) is 40.1 Å². The summed E-state index contributed by atoms with van der Waals surface area (Å²) in [7, 11) is 1.62. The third kappa shape index (κ3) is 7.66. The SMILES string of the molecule is CCCCCCOc1ccc(-c2nn(-c3ccccc3)cc2/C=c2\sc3nc(/C=C/c4ccc(OCCC)c(OC)c4)nn3c2=O)cc1. The van der Waals surface area contributed by atoms with Gasteiger partial charge in [0, 0.05) is 17.3 Å². The third-order valence-electron chi connectivity index (χ3n) is 7.72. The van der Waals surface area contributed by atoms with Crippen LogP contribution in [-0.4, -0.2) is 44.7 Å². The first-order chi connectivity index (χ1) is 23.6. The molecule has 0 bridgehead atoms. The number of hydrogen-bond acceptors (Lipinski definition) is 8. The molecule has 6 rings (SSSR count). The summed E-state index contributed by atoms with van der Waals surface area (Å²) in [6, 6.07) is 23.6. The van der Waals surface area contributed by atoms with Crippen molar-refractivity contribution in [2.45, 2.75) is 46.0 Å². The van der Waals surface area contributed by atoms with E-state index in [1.807, 2.05) is 95.8 Å². The van der Waals surface area contributed by atoms with E-state index in [0.29, 0.717) is 40.0 Å². The maximum absolute atomic E-state index is 13.5. The molecule has 0 aliphatic heterocycles. The zero-order valence-corrected chi connectivity index (χ0v) is 28.3. The molecule has 10 heteroatoms. The minimum absolute atomic E-state index is 0.230. The standard InChI is InChI=1S/C38H39N5O4S/c1-4-6-7-11-23-46-31-18-16-28(17-19-31)36-29(26-42(41-36)30-12-9-8-10-13-30)25-34-37(44)43-38(48-34)39-35(40-43)21-15-27-14-20-32(47-22-5-2)33(24-27)45-3/h8-10,12-21,24-26H,4-7,11,22-23H2,1-3H3/b21-15+,34-25-. The maximum Gasteiger partial charge on any atom is 0.291 e. The second-order valence-electron chi connectivity index (χ2n) is 11.3. The van der Waals surface area contributed by atoms with Gasteiger partial charge in [0.25, 0.3) is 5.56 Å². The molecular weight excluding hydrogens is 623 g/mol. The molecule has 3 aromatic carbocycles. The molecule has 0 saturated carbocycles. The highest BCUT2D eigenvalue weighted by molar-refractivity contribution is 7.15. The van der Waals surface area contributed by atoms with Crippen LogP contribution in [-0.2, 0) is 0 Å². The molecular formula is C38H39N5O4S. The zero-order chi connectivity index (χ0) is 33.3. The van der Waals surface area contributed by atoms with Gasteiger partial charge in [-0.2, -0.15) is 14.6 Å². The summed E-state index contributed by atoms with van der Waals surface area (Å²) in [6.07, 6.45) is 13.0. The van der Waals surface area contributed by atoms with Crippen molar-refractivity contribution < 1.29 is 14.2 Å². The quantitative estimate of drug-likeness (QED) is 0.105. The van der Waals surface area contributed by atoms with Gasteiger partial charge >= 0.3 is 0 Å². The number of rotatable bonds is 15. The van der Waals surface area contributed by atoms with E-state index in [-0.39, 0.29) is 5.56 Å². The van der Waals surface area contributed by atoms with E-state index >= 15 is 0 Å². The lowest BCUT2D eigenvalue weighted by molar-refractivity contribution is 0.294. The van der Waals surface area contributed by atoms with Gasteiger partial charge in [0.2, 0.25) is 4.96 Å². The van der Waals surface area contributed by atoms with Crippen molar-refractivity contribution in [1.29, 1.82) is 0 Å². The fourth-order valence-electron chi connectivity index (χ4n) is 5.21. The zero-order valence-electron chi connectivity index (χ0n) is 27.5. The van der Waals surface area contributed by atoms with Crippen molar-refractivity contribution in [3.63, 3.8) is 0 Å². The Balaban J connectivity index is 1.27. The monoisotopic (exact) mass is 661 g/mol. The molecule has 0 atom stereocenters. The van der Waals surface area contributed by atoms with Crippen molar-refractivity contribution in [2.24, 2.45) is 0 Å². The minimum Gasteiger partial charge on any atom is -0.494 e. The molecule has 0 radical (unpaired) electrons. The van der Waals surface area contributed by atoms with Crippen LogP contribution >= 0.6 is 11.3 Å². The predicted octanol–water partition coefficient (Wildman–Crippen LogP) is 7.48. The van der Waals surface area contributed by atoms with E-state index in [1.54, 1.807) is 13.2 Å². The fraction of sp³-hybridized carbons (Fsp3) is 0.263. The molecule has 0 fully saturated rings. The van der Waals surface area contributed by atoms with Crippen molar-refractivity contribution in [3.8, 4) is 34.2 Å². The number of para-hydroxylation sites is 1.